The highest BCUT2D eigenvalue weighted by atomic mass is 16.4. The summed E-state index contributed by atoms with van der Waals surface area (Å²) in [6.45, 7) is 3.71. The fourth-order valence-corrected chi connectivity index (χ4v) is 3.88. The van der Waals surface area contributed by atoms with Crippen molar-refractivity contribution in [3.63, 3.8) is 0 Å². The molecule has 5 nitrogen and oxygen atoms in total. The van der Waals surface area contributed by atoms with E-state index < -0.39 is 12.0 Å². The van der Waals surface area contributed by atoms with Crippen LogP contribution in [0.1, 0.15) is 12.0 Å². The lowest BCUT2D eigenvalue weighted by Gasteiger charge is -2.50. The second-order valence-corrected chi connectivity index (χ2v) is 6.46. The van der Waals surface area contributed by atoms with E-state index in [1.54, 1.807) is 0 Å². The normalized spacial score (nSPS) is 28.6. The quantitative estimate of drug-likeness (QED) is 0.760. The van der Waals surface area contributed by atoms with Gasteiger partial charge in [-0.1, -0.05) is 54.6 Å². The third kappa shape index (κ3) is 3.15. The van der Waals surface area contributed by atoms with Crippen molar-refractivity contribution in [2.75, 3.05) is 26.2 Å². The smallest absolute Gasteiger partial charge is 0.320 e. The summed E-state index contributed by atoms with van der Waals surface area (Å²) in [5.74, 6) is -0.922. The van der Waals surface area contributed by atoms with Gasteiger partial charge in [-0.3, -0.25) is 9.69 Å². The standard InChI is InChI=1S/C19H25N3O2/c20-17(18(23)24)14-16-8-4-5-9-19(16,15-6-2-1-3-7-15)22-12-10-21-11-13-22/h1-9,16-17,21H,10-14,20H2,(H,23,24)/t16?,17-,19?/m0/s1. The molecule has 1 heterocycles. The van der Waals surface area contributed by atoms with Gasteiger partial charge in [0.1, 0.15) is 6.04 Å². The van der Waals surface area contributed by atoms with E-state index >= 15 is 0 Å². The zero-order valence-electron chi connectivity index (χ0n) is 13.8. The van der Waals surface area contributed by atoms with Crippen molar-refractivity contribution < 1.29 is 9.90 Å². The molecule has 0 saturated carbocycles. The van der Waals surface area contributed by atoms with Gasteiger partial charge in [-0.2, -0.15) is 0 Å². The van der Waals surface area contributed by atoms with Crippen LogP contribution in [-0.4, -0.2) is 48.2 Å². The van der Waals surface area contributed by atoms with Gasteiger partial charge in [0.25, 0.3) is 0 Å². The summed E-state index contributed by atoms with van der Waals surface area (Å²) in [5, 5.41) is 12.7. The molecule has 2 unspecified atom stereocenters. The number of hydrogen-bond donors (Lipinski definition) is 3. The molecule has 0 bridgehead atoms. The van der Waals surface area contributed by atoms with Gasteiger partial charge < -0.3 is 16.2 Å². The van der Waals surface area contributed by atoms with Gasteiger partial charge >= 0.3 is 5.97 Å². The van der Waals surface area contributed by atoms with E-state index in [2.05, 4.69) is 40.6 Å². The third-order valence-corrected chi connectivity index (χ3v) is 5.07. The maximum atomic E-state index is 11.3. The van der Waals surface area contributed by atoms with Crippen LogP contribution >= 0.6 is 0 Å². The molecular formula is C19H25N3O2. The second-order valence-electron chi connectivity index (χ2n) is 6.46. The predicted octanol–water partition coefficient (Wildman–Crippen LogP) is 1.33. The molecule has 1 fully saturated rings. The summed E-state index contributed by atoms with van der Waals surface area (Å²) in [5.41, 5.74) is 6.74. The lowest BCUT2D eigenvalue weighted by molar-refractivity contribution is -0.139. The van der Waals surface area contributed by atoms with Gasteiger partial charge in [0.15, 0.2) is 0 Å². The maximum absolute atomic E-state index is 11.3. The van der Waals surface area contributed by atoms with Crippen LogP contribution in [0.25, 0.3) is 0 Å². The molecule has 3 rings (SSSR count). The van der Waals surface area contributed by atoms with E-state index in [0.29, 0.717) is 6.42 Å². The van der Waals surface area contributed by atoms with Crippen LogP contribution in [-0.2, 0) is 10.3 Å². The lowest BCUT2D eigenvalue weighted by Crippen LogP contribution is -2.57. The van der Waals surface area contributed by atoms with Crippen LogP contribution in [0, 0.1) is 5.92 Å². The minimum Gasteiger partial charge on any atom is -0.480 e. The Bertz CT molecular complexity index is 623. The second kappa shape index (κ2) is 7.30. The van der Waals surface area contributed by atoms with Gasteiger partial charge in [0.2, 0.25) is 0 Å². The van der Waals surface area contributed by atoms with Crippen molar-refractivity contribution in [3.8, 4) is 0 Å². The molecule has 0 radical (unpaired) electrons. The zero-order valence-corrected chi connectivity index (χ0v) is 13.8. The molecule has 1 aliphatic carbocycles. The number of carboxylic acids is 1. The van der Waals surface area contributed by atoms with Gasteiger partial charge in [-0.05, 0) is 12.0 Å². The average molecular weight is 327 g/mol. The van der Waals surface area contributed by atoms with E-state index in [-0.39, 0.29) is 11.5 Å². The lowest BCUT2D eigenvalue weighted by atomic mass is 9.71. The molecule has 1 aromatic rings. The summed E-state index contributed by atoms with van der Waals surface area (Å²) < 4.78 is 0. The largest absolute Gasteiger partial charge is 0.480 e. The van der Waals surface area contributed by atoms with Crippen LogP contribution < -0.4 is 11.1 Å². The van der Waals surface area contributed by atoms with Crippen molar-refractivity contribution in [1.29, 1.82) is 0 Å². The molecule has 1 aromatic carbocycles. The Morgan fingerprint density at radius 3 is 2.67 bits per heavy atom. The molecule has 2 aliphatic rings. The minimum atomic E-state index is -0.944. The van der Waals surface area contributed by atoms with Crippen LogP contribution in [0.5, 0.6) is 0 Å². The first kappa shape index (κ1) is 16.9. The summed E-state index contributed by atoms with van der Waals surface area (Å²) in [4.78, 5) is 13.8. The number of aliphatic carboxylic acids is 1. The Kier molecular flexibility index (Phi) is 5.14. The number of rotatable bonds is 5. The summed E-state index contributed by atoms with van der Waals surface area (Å²) in [6, 6.07) is 9.49. The molecule has 5 heteroatoms. The van der Waals surface area contributed by atoms with E-state index in [0.717, 1.165) is 26.2 Å². The number of hydrogen-bond acceptors (Lipinski definition) is 4. The van der Waals surface area contributed by atoms with Crippen LogP contribution in [0.2, 0.25) is 0 Å². The summed E-state index contributed by atoms with van der Waals surface area (Å²) in [6.07, 6.45) is 8.81. The Morgan fingerprint density at radius 1 is 1.29 bits per heavy atom. The van der Waals surface area contributed by atoms with Crippen molar-refractivity contribution >= 4 is 5.97 Å². The maximum Gasteiger partial charge on any atom is 0.320 e. The van der Waals surface area contributed by atoms with Crippen LogP contribution in [0.15, 0.2) is 54.6 Å². The first-order valence-electron chi connectivity index (χ1n) is 8.50. The molecule has 0 aromatic heterocycles. The number of carbonyl (C=O) groups is 1. The monoisotopic (exact) mass is 327 g/mol. The number of nitrogens with zero attached hydrogens (tertiary/aromatic N) is 1. The fraction of sp³-hybridized carbons (Fsp3) is 0.421. The van der Waals surface area contributed by atoms with Crippen LogP contribution in [0.4, 0.5) is 0 Å². The topological polar surface area (TPSA) is 78.6 Å². The molecular weight excluding hydrogens is 302 g/mol. The number of carboxylic acid groups (broad SMARTS) is 1. The molecule has 1 saturated heterocycles. The number of nitrogens with two attached hydrogens (primary N) is 1. The molecule has 3 atom stereocenters. The van der Waals surface area contributed by atoms with E-state index in [9.17, 15) is 9.90 Å². The minimum absolute atomic E-state index is 0.0223. The molecule has 0 spiro atoms. The molecule has 4 N–H and O–H groups in total. The third-order valence-electron chi connectivity index (χ3n) is 5.07. The van der Waals surface area contributed by atoms with Crippen molar-refractivity contribution in [2.24, 2.45) is 11.7 Å². The molecule has 128 valence electrons. The average Bonchev–Trinajstić information content (AvgIpc) is 2.63. The first-order chi connectivity index (χ1) is 11.6. The van der Waals surface area contributed by atoms with Gasteiger partial charge in [0.05, 0.1) is 5.54 Å². The number of nitrogens with one attached hydrogen (secondary N) is 1. The van der Waals surface area contributed by atoms with Crippen molar-refractivity contribution in [2.45, 2.75) is 18.0 Å². The number of allylic oxidation sites excluding steroid dienone is 2. The van der Waals surface area contributed by atoms with Crippen LogP contribution in [0.3, 0.4) is 0 Å². The number of piperazine rings is 1. The highest BCUT2D eigenvalue weighted by molar-refractivity contribution is 5.73. The van der Waals surface area contributed by atoms with Gasteiger partial charge in [-0.25, -0.2) is 0 Å². The van der Waals surface area contributed by atoms with E-state index in [1.807, 2.05) is 24.3 Å². The summed E-state index contributed by atoms with van der Waals surface area (Å²) >= 11 is 0. The Morgan fingerprint density at radius 2 is 2.00 bits per heavy atom. The predicted molar refractivity (Wildman–Crippen MR) is 94.6 cm³/mol. The van der Waals surface area contributed by atoms with Gasteiger partial charge in [-0.15, -0.1) is 0 Å². The molecule has 24 heavy (non-hydrogen) atoms. The fourth-order valence-electron chi connectivity index (χ4n) is 3.88. The van der Waals surface area contributed by atoms with Crippen molar-refractivity contribution in [3.05, 3.63) is 60.2 Å². The zero-order chi connectivity index (χ0) is 17.0. The van der Waals surface area contributed by atoms with E-state index in [4.69, 9.17) is 5.73 Å². The molecule has 1 aliphatic heterocycles. The summed E-state index contributed by atoms with van der Waals surface area (Å²) in [7, 11) is 0. The molecule has 0 amide bonds. The number of benzene rings is 1. The SMILES string of the molecule is N[C@@H](CC1C=CC=CC1(c1ccccc1)N1CCNCC1)C(=O)O. The van der Waals surface area contributed by atoms with E-state index in [1.165, 1.54) is 5.56 Å². The Hall–Kier alpha value is -1.95. The van der Waals surface area contributed by atoms with Gasteiger partial charge in [0, 0.05) is 32.1 Å². The highest BCUT2D eigenvalue weighted by Gasteiger charge is 2.44. The Labute approximate surface area is 142 Å². The van der Waals surface area contributed by atoms with Crippen molar-refractivity contribution in [1.82, 2.24) is 10.2 Å². The highest BCUT2D eigenvalue weighted by Crippen LogP contribution is 2.42. The first-order valence-corrected chi connectivity index (χ1v) is 8.50. The Balaban J connectivity index is 2.02.